The van der Waals surface area contributed by atoms with Gasteiger partial charge in [0.2, 0.25) is 0 Å². The minimum Gasteiger partial charge on any atom is -0.467 e. The Kier molecular flexibility index (Phi) is 4.58. The first-order valence-corrected chi connectivity index (χ1v) is 7.93. The average molecular weight is 339 g/mol. The van der Waals surface area contributed by atoms with Crippen molar-refractivity contribution in [3.05, 3.63) is 40.3 Å². The molecule has 3 rings (SSSR count). The van der Waals surface area contributed by atoms with E-state index in [2.05, 4.69) is 15.5 Å². The van der Waals surface area contributed by atoms with Gasteiger partial charge in [-0.15, -0.1) is 16.4 Å². The van der Waals surface area contributed by atoms with Gasteiger partial charge >= 0.3 is 0 Å². The van der Waals surface area contributed by atoms with E-state index in [0.29, 0.717) is 23.5 Å². The van der Waals surface area contributed by atoms with E-state index in [1.165, 1.54) is 11.3 Å². The molecular formula is C14H15ClN4O2S. The Hall–Kier alpha value is -1.67. The van der Waals surface area contributed by atoms with Crippen LogP contribution in [0.15, 0.2) is 29.0 Å². The fourth-order valence-corrected chi connectivity index (χ4v) is 3.66. The number of rotatable bonds is 6. The molecule has 3 aromatic heterocycles. The number of nitrogens with two attached hydrogens (primary N) is 1. The highest BCUT2D eigenvalue weighted by Crippen LogP contribution is 2.38. The van der Waals surface area contributed by atoms with Gasteiger partial charge in [-0.25, -0.2) is 0 Å². The van der Waals surface area contributed by atoms with E-state index in [-0.39, 0.29) is 12.6 Å². The van der Waals surface area contributed by atoms with Crippen LogP contribution in [0.2, 0.25) is 5.02 Å². The molecule has 0 aliphatic carbocycles. The molecule has 6 nitrogen and oxygen atoms in total. The van der Waals surface area contributed by atoms with Crippen LogP contribution in [-0.4, -0.2) is 28.0 Å². The first-order chi connectivity index (χ1) is 10.7. The zero-order chi connectivity index (χ0) is 15.5. The first kappa shape index (κ1) is 15.2. The number of hydrogen-bond acceptors (Lipinski definition) is 7. The quantitative estimate of drug-likeness (QED) is 0.638. The predicted molar refractivity (Wildman–Crippen MR) is 87.2 cm³/mol. The second-order valence-electron chi connectivity index (χ2n) is 4.85. The van der Waals surface area contributed by atoms with Gasteiger partial charge in [0.05, 0.1) is 41.0 Å². The second kappa shape index (κ2) is 6.62. The van der Waals surface area contributed by atoms with Gasteiger partial charge in [-0.2, -0.15) is 5.10 Å². The Morgan fingerprint density at radius 2 is 2.36 bits per heavy atom. The molecule has 1 atom stereocenters. The number of nitrogens with zero attached hydrogens (tertiary/aromatic N) is 2. The van der Waals surface area contributed by atoms with E-state index in [1.807, 2.05) is 12.1 Å². The average Bonchev–Trinajstić information content (AvgIpc) is 3.15. The fraction of sp³-hybridized carbons (Fsp3) is 0.286. The van der Waals surface area contributed by atoms with Crippen molar-refractivity contribution in [1.82, 2.24) is 10.2 Å². The molecule has 116 valence electrons. The summed E-state index contributed by atoms with van der Waals surface area (Å²) in [6, 6.07) is 3.40. The summed E-state index contributed by atoms with van der Waals surface area (Å²) < 4.78 is 6.22. The minimum atomic E-state index is -0.335. The van der Waals surface area contributed by atoms with Crippen LogP contribution >= 0.6 is 22.9 Å². The van der Waals surface area contributed by atoms with Crippen LogP contribution in [0.25, 0.3) is 10.2 Å². The highest BCUT2D eigenvalue weighted by atomic mass is 35.5. The molecule has 3 heterocycles. The zero-order valence-corrected chi connectivity index (χ0v) is 13.2. The maximum atomic E-state index is 9.09. The van der Waals surface area contributed by atoms with Gasteiger partial charge in [0.15, 0.2) is 0 Å². The van der Waals surface area contributed by atoms with Gasteiger partial charge in [-0.3, -0.25) is 0 Å². The second-order valence-corrected chi connectivity index (χ2v) is 6.34. The lowest BCUT2D eigenvalue weighted by Gasteiger charge is -2.05. The zero-order valence-electron chi connectivity index (χ0n) is 11.6. The van der Waals surface area contributed by atoms with E-state index in [1.54, 1.807) is 12.5 Å². The smallest absolute Gasteiger partial charge is 0.125 e. The van der Waals surface area contributed by atoms with Crippen molar-refractivity contribution in [3.63, 3.8) is 0 Å². The maximum Gasteiger partial charge on any atom is 0.125 e. The lowest BCUT2D eigenvalue weighted by Crippen LogP contribution is -2.26. The van der Waals surface area contributed by atoms with Crippen molar-refractivity contribution in [2.45, 2.75) is 19.0 Å². The predicted octanol–water partition coefficient (Wildman–Crippen LogP) is 2.41. The third kappa shape index (κ3) is 3.07. The summed E-state index contributed by atoms with van der Waals surface area (Å²) in [6.07, 6.45) is 3.80. The summed E-state index contributed by atoms with van der Waals surface area (Å²) in [6.45, 7) is 0.467. The first-order valence-electron chi connectivity index (χ1n) is 6.74. The number of fused-ring (bicyclic) bond motifs is 1. The van der Waals surface area contributed by atoms with E-state index in [4.69, 9.17) is 26.9 Å². The van der Waals surface area contributed by atoms with Crippen molar-refractivity contribution < 1.29 is 9.52 Å². The third-order valence-corrected chi connectivity index (χ3v) is 4.95. The normalized spacial score (nSPS) is 12.7. The van der Waals surface area contributed by atoms with Crippen LogP contribution in [0.1, 0.15) is 10.6 Å². The van der Waals surface area contributed by atoms with Crippen LogP contribution < -0.4 is 11.1 Å². The van der Waals surface area contributed by atoms with Crippen molar-refractivity contribution in [2.75, 3.05) is 11.9 Å². The number of aliphatic hydroxyl groups is 1. The number of furan rings is 1. The van der Waals surface area contributed by atoms with E-state index >= 15 is 0 Å². The Morgan fingerprint density at radius 3 is 3.09 bits per heavy atom. The van der Waals surface area contributed by atoms with Crippen molar-refractivity contribution in [2.24, 2.45) is 5.73 Å². The molecule has 0 radical (unpaired) electrons. The lowest BCUT2D eigenvalue weighted by atomic mass is 10.2. The van der Waals surface area contributed by atoms with E-state index in [0.717, 1.165) is 21.0 Å². The van der Waals surface area contributed by atoms with Gasteiger partial charge in [-0.1, -0.05) is 11.6 Å². The van der Waals surface area contributed by atoms with Crippen LogP contribution in [-0.2, 0) is 13.0 Å². The molecule has 22 heavy (non-hydrogen) atoms. The summed E-state index contributed by atoms with van der Waals surface area (Å²) >= 11 is 7.87. The van der Waals surface area contributed by atoms with Gasteiger partial charge < -0.3 is 20.6 Å². The Balaban J connectivity index is 1.89. The fourth-order valence-electron chi connectivity index (χ4n) is 2.08. The van der Waals surface area contributed by atoms with Crippen LogP contribution in [0, 0.1) is 0 Å². The number of thiophene rings is 1. The van der Waals surface area contributed by atoms with Crippen LogP contribution in [0.4, 0.5) is 5.69 Å². The monoisotopic (exact) mass is 338 g/mol. The number of nitrogens with one attached hydrogen (secondary N) is 1. The topological polar surface area (TPSA) is 97.2 Å². The molecular weight excluding hydrogens is 324 g/mol. The summed E-state index contributed by atoms with van der Waals surface area (Å²) in [5.74, 6) is 0.829. The molecule has 0 fully saturated rings. The highest BCUT2D eigenvalue weighted by Gasteiger charge is 2.17. The molecule has 0 aromatic carbocycles. The summed E-state index contributed by atoms with van der Waals surface area (Å²) in [4.78, 5) is 0.903. The Bertz CT molecular complexity index is 760. The Labute approximate surface area is 135 Å². The molecule has 0 saturated carbocycles. The van der Waals surface area contributed by atoms with Gasteiger partial charge in [0, 0.05) is 17.3 Å². The number of hydrogen-bond donors (Lipinski definition) is 3. The van der Waals surface area contributed by atoms with Crippen molar-refractivity contribution in [1.29, 1.82) is 0 Å². The molecule has 0 aliphatic heterocycles. The lowest BCUT2D eigenvalue weighted by molar-refractivity contribution is 0.266. The molecule has 3 aromatic rings. The molecule has 0 spiro atoms. The van der Waals surface area contributed by atoms with Gasteiger partial charge in [-0.05, 0) is 12.1 Å². The van der Waals surface area contributed by atoms with Gasteiger partial charge in [0.25, 0.3) is 0 Å². The number of halogens is 1. The molecule has 0 unspecified atom stereocenters. The molecule has 0 bridgehead atoms. The number of anilines is 1. The molecule has 0 saturated heterocycles. The third-order valence-electron chi connectivity index (χ3n) is 3.20. The minimum absolute atomic E-state index is 0.0835. The number of aliphatic hydroxyl groups excluding tert-OH is 1. The van der Waals surface area contributed by atoms with Crippen LogP contribution in [0.3, 0.4) is 0 Å². The van der Waals surface area contributed by atoms with Crippen molar-refractivity contribution in [3.8, 4) is 0 Å². The standard InChI is InChI=1S/C14H15ClN4O2S/c15-12-11(4-8(16)7-20)22-14-10(6-18-19-13(12)14)17-5-9-2-1-3-21-9/h1-3,6,8,20H,4-5,7,16H2,(H,17,19)/t8-/m1/s1. The highest BCUT2D eigenvalue weighted by molar-refractivity contribution is 7.20. The maximum absolute atomic E-state index is 9.09. The summed E-state index contributed by atoms with van der Waals surface area (Å²) in [5, 5.41) is 21.0. The molecule has 0 amide bonds. The molecule has 0 aliphatic rings. The van der Waals surface area contributed by atoms with Crippen LogP contribution in [0.5, 0.6) is 0 Å². The van der Waals surface area contributed by atoms with E-state index in [9.17, 15) is 0 Å². The summed E-state index contributed by atoms with van der Waals surface area (Å²) in [5.41, 5.74) is 7.28. The molecule has 4 N–H and O–H groups in total. The van der Waals surface area contributed by atoms with E-state index < -0.39 is 0 Å². The SMILES string of the molecule is N[C@@H](CO)Cc1sc2c(NCc3ccco3)cnnc2c1Cl. The largest absolute Gasteiger partial charge is 0.467 e. The molecule has 8 heteroatoms. The summed E-state index contributed by atoms with van der Waals surface area (Å²) in [7, 11) is 0. The van der Waals surface area contributed by atoms with Gasteiger partial charge in [0.1, 0.15) is 11.3 Å². The number of aromatic nitrogens is 2. The Morgan fingerprint density at radius 1 is 1.50 bits per heavy atom. The van der Waals surface area contributed by atoms with Crippen molar-refractivity contribution >= 4 is 38.8 Å².